The molecule has 0 atom stereocenters. The SMILES string of the molecule is CCOC(=O)c1[nH]c2cnc(Br)cc2c1F. The van der Waals surface area contributed by atoms with E-state index >= 15 is 0 Å². The normalized spacial score (nSPS) is 10.7. The Labute approximate surface area is 98.9 Å². The summed E-state index contributed by atoms with van der Waals surface area (Å²) in [5.74, 6) is -1.32. The molecule has 1 N–H and O–H groups in total. The number of nitrogens with zero attached hydrogens (tertiary/aromatic N) is 1. The van der Waals surface area contributed by atoms with Crippen molar-refractivity contribution in [1.29, 1.82) is 0 Å². The molecular weight excluding hydrogens is 279 g/mol. The minimum absolute atomic E-state index is 0.170. The first kappa shape index (κ1) is 11.1. The number of hydrogen-bond donors (Lipinski definition) is 1. The van der Waals surface area contributed by atoms with E-state index in [1.807, 2.05) is 0 Å². The highest BCUT2D eigenvalue weighted by Gasteiger charge is 2.19. The maximum atomic E-state index is 13.8. The zero-order valence-electron chi connectivity index (χ0n) is 8.38. The molecular formula is C10H8BrFN2O2. The van der Waals surface area contributed by atoms with Gasteiger partial charge in [-0.05, 0) is 28.9 Å². The van der Waals surface area contributed by atoms with Crippen molar-refractivity contribution in [3.63, 3.8) is 0 Å². The summed E-state index contributed by atoms with van der Waals surface area (Å²) in [6, 6.07) is 1.50. The van der Waals surface area contributed by atoms with Gasteiger partial charge in [0.25, 0.3) is 0 Å². The molecule has 2 heterocycles. The third-order valence-electron chi connectivity index (χ3n) is 2.07. The van der Waals surface area contributed by atoms with Crippen molar-refractivity contribution in [2.75, 3.05) is 6.61 Å². The number of halogens is 2. The summed E-state index contributed by atoms with van der Waals surface area (Å²) < 4.78 is 19.0. The van der Waals surface area contributed by atoms with Gasteiger partial charge in [-0.2, -0.15) is 0 Å². The summed E-state index contributed by atoms with van der Waals surface area (Å²) in [4.78, 5) is 18.0. The molecule has 0 aromatic carbocycles. The highest BCUT2D eigenvalue weighted by molar-refractivity contribution is 9.10. The van der Waals surface area contributed by atoms with Gasteiger partial charge in [0.2, 0.25) is 0 Å². The summed E-state index contributed by atoms with van der Waals surface area (Å²) in [5, 5.41) is 0.310. The molecule has 6 heteroatoms. The number of pyridine rings is 1. The molecule has 0 spiro atoms. The lowest BCUT2D eigenvalue weighted by atomic mass is 10.3. The van der Waals surface area contributed by atoms with Crippen molar-refractivity contribution in [2.45, 2.75) is 6.92 Å². The lowest BCUT2D eigenvalue weighted by Crippen LogP contribution is -2.06. The largest absolute Gasteiger partial charge is 0.461 e. The minimum atomic E-state index is -0.702. The number of ether oxygens (including phenoxy) is 1. The number of aromatic amines is 1. The highest BCUT2D eigenvalue weighted by atomic mass is 79.9. The summed E-state index contributed by atoms with van der Waals surface area (Å²) >= 11 is 3.14. The third kappa shape index (κ3) is 1.80. The average molecular weight is 287 g/mol. The third-order valence-corrected chi connectivity index (χ3v) is 2.50. The van der Waals surface area contributed by atoms with Crippen molar-refractivity contribution < 1.29 is 13.9 Å². The molecule has 2 rings (SSSR count). The Balaban J connectivity index is 2.56. The molecule has 4 nitrogen and oxygen atoms in total. The monoisotopic (exact) mass is 286 g/mol. The van der Waals surface area contributed by atoms with Crippen molar-refractivity contribution in [1.82, 2.24) is 9.97 Å². The van der Waals surface area contributed by atoms with Crippen LogP contribution in [0.1, 0.15) is 17.4 Å². The van der Waals surface area contributed by atoms with Gasteiger partial charge in [0.05, 0.1) is 18.3 Å². The minimum Gasteiger partial charge on any atom is -0.461 e. The number of H-pyrrole nitrogens is 1. The molecule has 0 unspecified atom stereocenters. The summed E-state index contributed by atoms with van der Waals surface area (Å²) in [7, 11) is 0. The maximum absolute atomic E-state index is 13.8. The first-order valence-corrected chi connectivity index (χ1v) is 5.42. The number of fused-ring (bicyclic) bond motifs is 1. The van der Waals surface area contributed by atoms with Crippen LogP contribution < -0.4 is 0 Å². The van der Waals surface area contributed by atoms with E-state index in [0.717, 1.165) is 0 Å². The van der Waals surface area contributed by atoms with Gasteiger partial charge in [-0.15, -0.1) is 0 Å². The molecule has 0 amide bonds. The van der Waals surface area contributed by atoms with Gasteiger partial charge in [0.1, 0.15) is 4.60 Å². The van der Waals surface area contributed by atoms with E-state index in [1.54, 1.807) is 6.92 Å². The Hall–Kier alpha value is -1.43. The molecule has 2 aromatic rings. The molecule has 2 aromatic heterocycles. The van der Waals surface area contributed by atoms with E-state index in [2.05, 4.69) is 25.9 Å². The molecule has 16 heavy (non-hydrogen) atoms. The van der Waals surface area contributed by atoms with Gasteiger partial charge < -0.3 is 9.72 Å². The molecule has 0 saturated heterocycles. The second kappa shape index (κ2) is 4.21. The fourth-order valence-corrected chi connectivity index (χ4v) is 1.71. The Morgan fingerprint density at radius 3 is 3.12 bits per heavy atom. The van der Waals surface area contributed by atoms with Crippen LogP contribution in [0.4, 0.5) is 4.39 Å². The number of hydrogen-bond acceptors (Lipinski definition) is 3. The smallest absolute Gasteiger partial charge is 0.357 e. The zero-order valence-corrected chi connectivity index (χ0v) is 9.97. The number of carbonyl (C=O) groups excluding carboxylic acids is 1. The molecule has 0 bridgehead atoms. The van der Waals surface area contributed by atoms with Gasteiger partial charge in [-0.3, -0.25) is 0 Å². The van der Waals surface area contributed by atoms with Crippen LogP contribution in [0.3, 0.4) is 0 Å². The quantitative estimate of drug-likeness (QED) is 0.682. The van der Waals surface area contributed by atoms with Crippen LogP contribution in [-0.2, 0) is 4.74 Å². The Morgan fingerprint density at radius 1 is 1.69 bits per heavy atom. The molecule has 0 aliphatic carbocycles. The van der Waals surface area contributed by atoms with Crippen LogP contribution in [0, 0.1) is 5.82 Å². The average Bonchev–Trinajstić information content (AvgIpc) is 2.57. The number of carbonyl (C=O) groups is 1. The topological polar surface area (TPSA) is 55.0 Å². The zero-order chi connectivity index (χ0) is 11.7. The molecule has 0 fully saturated rings. The number of nitrogens with one attached hydrogen (secondary N) is 1. The van der Waals surface area contributed by atoms with Gasteiger partial charge >= 0.3 is 5.97 Å². The molecule has 0 radical (unpaired) electrons. The van der Waals surface area contributed by atoms with E-state index in [9.17, 15) is 9.18 Å². The maximum Gasteiger partial charge on any atom is 0.357 e. The van der Waals surface area contributed by atoms with E-state index in [1.165, 1.54) is 12.3 Å². The molecule has 0 aliphatic heterocycles. The Morgan fingerprint density at radius 2 is 2.44 bits per heavy atom. The molecule has 0 saturated carbocycles. The predicted octanol–water partition coefficient (Wildman–Crippen LogP) is 2.64. The van der Waals surface area contributed by atoms with E-state index in [4.69, 9.17) is 4.74 Å². The van der Waals surface area contributed by atoms with Crippen LogP contribution in [0.15, 0.2) is 16.9 Å². The Bertz CT molecular complexity index is 553. The van der Waals surface area contributed by atoms with E-state index in [-0.39, 0.29) is 12.3 Å². The first-order chi connectivity index (χ1) is 7.63. The van der Waals surface area contributed by atoms with E-state index in [0.29, 0.717) is 15.5 Å². The van der Waals surface area contributed by atoms with Crippen molar-refractivity contribution >= 4 is 32.8 Å². The number of aromatic nitrogens is 2. The van der Waals surface area contributed by atoms with Crippen LogP contribution in [-0.4, -0.2) is 22.5 Å². The second-order valence-electron chi connectivity index (χ2n) is 3.09. The second-order valence-corrected chi connectivity index (χ2v) is 3.90. The predicted molar refractivity (Wildman–Crippen MR) is 59.7 cm³/mol. The van der Waals surface area contributed by atoms with Crippen LogP contribution in [0.25, 0.3) is 10.9 Å². The van der Waals surface area contributed by atoms with Gasteiger partial charge in [0, 0.05) is 5.39 Å². The van der Waals surface area contributed by atoms with E-state index < -0.39 is 11.8 Å². The van der Waals surface area contributed by atoms with Gasteiger partial charge in [-0.1, -0.05) is 0 Å². The number of esters is 1. The molecule has 84 valence electrons. The van der Waals surface area contributed by atoms with Gasteiger partial charge in [-0.25, -0.2) is 14.2 Å². The number of rotatable bonds is 2. The van der Waals surface area contributed by atoms with Crippen LogP contribution in [0.2, 0.25) is 0 Å². The van der Waals surface area contributed by atoms with Crippen molar-refractivity contribution in [3.05, 3.63) is 28.4 Å². The lowest BCUT2D eigenvalue weighted by molar-refractivity contribution is 0.0515. The van der Waals surface area contributed by atoms with Crippen LogP contribution >= 0.6 is 15.9 Å². The van der Waals surface area contributed by atoms with Crippen LogP contribution in [0.5, 0.6) is 0 Å². The summed E-state index contributed by atoms with van der Waals surface area (Å²) in [6.45, 7) is 1.87. The first-order valence-electron chi connectivity index (χ1n) is 4.63. The Kier molecular flexibility index (Phi) is 2.91. The molecule has 0 aliphatic rings. The fourth-order valence-electron chi connectivity index (χ4n) is 1.38. The highest BCUT2D eigenvalue weighted by Crippen LogP contribution is 2.23. The summed E-state index contributed by atoms with van der Waals surface area (Å²) in [6.07, 6.45) is 1.45. The standard InChI is InChI=1S/C10H8BrFN2O2/c1-2-16-10(15)9-8(12)5-3-7(11)13-4-6(5)14-9/h3-4,14H,2H2,1H3. The van der Waals surface area contributed by atoms with Crippen molar-refractivity contribution in [2.24, 2.45) is 0 Å². The van der Waals surface area contributed by atoms with Crippen molar-refractivity contribution in [3.8, 4) is 0 Å². The summed E-state index contributed by atoms with van der Waals surface area (Å²) in [5.41, 5.74) is 0.292. The lowest BCUT2D eigenvalue weighted by Gasteiger charge is -1.97. The fraction of sp³-hybridized carbons (Fsp3) is 0.200. The van der Waals surface area contributed by atoms with Gasteiger partial charge in [0.15, 0.2) is 11.5 Å².